The summed E-state index contributed by atoms with van der Waals surface area (Å²) in [5.74, 6) is -0.722. The van der Waals surface area contributed by atoms with Crippen LogP contribution < -0.4 is 10.6 Å². The lowest BCUT2D eigenvalue weighted by molar-refractivity contribution is -0.113. The second kappa shape index (κ2) is 9.31. The zero-order valence-electron chi connectivity index (χ0n) is 18.1. The molecule has 158 valence electrons. The normalized spacial score (nSPS) is 11.2. The molecule has 0 fully saturated rings. The Kier molecular flexibility index (Phi) is 6.13. The summed E-state index contributed by atoms with van der Waals surface area (Å²) in [6.45, 7) is 3.92. The Labute approximate surface area is 187 Å². The van der Waals surface area contributed by atoms with Crippen LogP contribution >= 0.6 is 0 Å². The number of anilines is 1. The zero-order valence-corrected chi connectivity index (χ0v) is 18.1. The number of rotatable bonds is 5. The fourth-order valence-electron chi connectivity index (χ4n) is 3.51. The maximum absolute atomic E-state index is 13.2. The Morgan fingerprint density at radius 2 is 1.47 bits per heavy atom. The van der Waals surface area contributed by atoms with Crippen LogP contribution in [0.15, 0.2) is 96.7 Å². The van der Waals surface area contributed by atoms with Crippen LogP contribution in [0.5, 0.6) is 0 Å². The van der Waals surface area contributed by atoms with Gasteiger partial charge in [0, 0.05) is 11.3 Å². The maximum Gasteiger partial charge on any atom is 0.272 e. The van der Waals surface area contributed by atoms with Gasteiger partial charge >= 0.3 is 0 Å². The van der Waals surface area contributed by atoms with Gasteiger partial charge in [-0.15, -0.1) is 0 Å². The van der Waals surface area contributed by atoms with E-state index in [4.69, 9.17) is 0 Å². The second-order valence-electron chi connectivity index (χ2n) is 7.77. The van der Waals surface area contributed by atoms with E-state index >= 15 is 0 Å². The minimum atomic E-state index is -0.385. The molecule has 0 radical (unpaired) electrons. The molecule has 4 aromatic rings. The molecule has 0 aliphatic rings. The highest BCUT2D eigenvalue weighted by molar-refractivity contribution is 6.11. The summed E-state index contributed by atoms with van der Waals surface area (Å²) in [6, 6.07) is 28.6. The minimum Gasteiger partial charge on any atom is -0.321 e. The second-order valence-corrected chi connectivity index (χ2v) is 7.77. The lowest BCUT2D eigenvalue weighted by Crippen LogP contribution is -2.30. The van der Waals surface area contributed by atoms with Crippen LogP contribution in [0.25, 0.3) is 16.8 Å². The van der Waals surface area contributed by atoms with Gasteiger partial charge in [-0.1, -0.05) is 72.3 Å². The number of hydrogen-bond donors (Lipinski definition) is 2. The summed E-state index contributed by atoms with van der Waals surface area (Å²) in [5.41, 5.74) is 4.28. The van der Waals surface area contributed by atoms with Gasteiger partial charge in [0.1, 0.15) is 5.70 Å². The van der Waals surface area contributed by atoms with Gasteiger partial charge in [0.2, 0.25) is 0 Å². The smallest absolute Gasteiger partial charge is 0.272 e. The van der Waals surface area contributed by atoms with Crippen LogP contribution in [0.4, 0.5) is 5.69 Å². The fraction of sp³-hybridized carbons (Fsp3) is 0.0714. The first-order valence-corrected chi connectivity index (χ1v) is 10.4. The van der Waals surface area contributed by atoms with Gasteiger partial charge in [0.05, 0.1) is 0 Å². The molecule has 0 saturated heterocycles. The van der Waals surface area contributed by atoms with E-state index in [2.05, 4.69) is 10.6 Å². The number of carbonyl (C=O) groups excluding carboxylic acids is 2. The number of fused-ring (bicyclic) bond motifs is 1. The van der Waals surface area contributed by atoms with E-state index in [9.17, 15) is 9.59 Å². The summed E-state index contributed by atoms with van der Waals surface area (Å²) >= 11 is 0. The third-order valence-electron chi connectivity index (χ3n) is 5.21. The Morgan fingerprint density at radius 3 is 2.25 bits per heavy atom. The summed E-state index contributed by atoms with van der Waals surface area (Å²) in [7, 11) is 0. The largest absolute Gasteiger partial charge is 0.321 e. The highest BCUT2D eigenvalue weighted by Crippen LogP contribution is 2.21. The lowest BCUT2D eigenvalue weighted by atomic mass is 10.0. The molecule has 0 spiro atoms. The molecule has 4 nitrogen and oxygen atoms in total. The van der Waals surface area contributed by atoms with Crippen LogP contribution in [-0.2, 0) is 4.79 Å². The Morgan fingerprint density at radius 1 is 0.750 bits per heavy atom. The minimum absolute atomic E-state index is 0.174. The monoisotopic (exact) mass is 420 g/mol. The standard InChI is InChI=1S/C28H24N2O2/c1-19-13-15-22(16-14-19)27(31)30-26(28(32)29-24-11-5-7-20(2)17-24)18-23-10-6-9-21-8-3-4-12-25(21)23/h3-18H,1-2H3,(H,29,32)(H,30,31)/b26-18-. The van der Waals surface area contributed by atoms with E-state index in [1.165, 1.54) is 0 Å². The predicted octanol–water partition coefficient (Wildman–Crippen LogP) is 5.87. The summed E-state index contributed by atoms with van der Waals surface area (Å²) in [4.78, 5) is 26.1. The first kappa shape index (κ1) is 21.1. The van der Waals surface area contributed by atoms with Gasteiger partial charge in [-0.25, -0.2) is 0 Å². The number of amides is 2. The SMILES string of the molecule is Cc1ccc(C(=O)N/C(=C\c2cccc3ccccc23)C(=O)Nc2cccc(C)c2)cc1. The fourth-order valence-corrected chi connectivity index (χ4v) is 3.51. The molecule has 0 unspecified atom stereocenters. The third-order valence-corrected chi connectivity index (χ3v) is 5.21. The average Bonchev–Trinajstić information content (AvgIpc) is 2.79. The average molecular weight is 421 g/mol. The molecule has 0 atom stereocenters. The molecular weight excluding hydrogens is 396 g/mol. The van der Waals surface area contributed by atoms with Crippen LogP contribution in [0.1, 0.15) is 27.0 Å². The van der Waals surface area contributed by atoms with Crippen molar-refractivity contribution < 1.29 is 9.59 Å². The molecule has 0 bridgehead atoms. The molecule has 4 aromatic carbocycles. The van der Waals surface area contributed by atoms with Gasteiger partial charge < -0.3 is 10.6 Å². The van der Waals surface area contributed by atoms with Gasteiger partial charge in [0.25, 0.3) is 11.8 Å². The highest BCUT2D eigenvalue weighted by Gasteiger charge is 2.16. The van der Waals surface area contributed by atoms with Crippen molar-refractivity contribution in [3.63, 3.8) is 0 Å². The van der Waals surface area contributed by atoms with E-state index in [1.807, 2.05) is 92.7 Å². The molecule has 4 rings (SSSR count). The molecule has 0 saturated carbocycles. The van der Waals surface area contributed by atoms with Gasteiger partial charge in [0.15, 0.2) is 0 Å². The molecule has 2 amide bonds. The Hall–Kier alpha value is -4.18. The molecule has 0 heterocycles. The number of nitrogens with one attached hydrogen (secondary N) is 2. The number of benzene rings is 4. The van der Waals surface area contributed by atoms with Crippen LogP contribution in [-0.4, -0.2) is 11.8 Å². The van der Waals surface area contributed by atoms with E-state index in [-0.39, 0.29) is 17.5 Å². The summed E-state index contributed by atoms with van der Waals surface area (Å²) in [5, 5.41) is 7.77. The molecule has 0 aliphatic heterocycles. The first-order valence-electron chi connectivity index (χ1n) is 10.4. The quantitative estimate of drug-likeness (QED) is 0.397. The number of carbonyl (C=O) groups is 2. The van der Waals surface area contributed by atoms with Crippen molar-refractivity contribution >= 4 is 34.4 Å². The molecule has 0 aromatic heterocycles. The summed E-state index contributed by atoms with van der Waals surface area (Å²) in [6.07, 6.45) is 1.72. The van der Waals surface area contributed by atoms with E-state index in [1.54, 1.807) is 18.2 Å². The number of hydrogen-bond acceptors (Lipinski definition) is 2. The predicted molar refractivity (Wildman–Crippen MR) is 130 cm³/mol. The van der Waals surface area contributed by atoms with Crippen molar-refractivity contribution in [3.8, 4) is 0 Å². The Balaban J connectivity index is 1.71. The molecule has 32 heavy (non-hydrogen) atoms. The van der Waals surface area contributed by atoms with Crippen LogP contribution in [0, 0.1) is 13.8 Å². The molecular formula is C28H24N2O2. The van der Waals surface area contributed by atoms with Crippen molar-refractivity contribution in [3.05, 3.63) is 119 Å². The lowest BCUT2D eigenvalue weighted by Gasteiger charge is -2.12. The van der Waals surface area contributed by atoms with E-state index < -0.39 is 0 Å². The molecule has 2 N–H and O–H groups in total. The van der Waals surface area contributed by atoms with Crippen LogP contribution in [0.3, 0.4) is 0 Å². The highest BCUT2D eigenvalue weighted by atomic mass is 16.2. The number of aryl methyl sites for hydroxylation is 2. The van der Waals surface area contributed by atoms with Crippen molar-refractivity contribution in [1.29, 1.82) is 0 Å². The van der Waals surface area contributed by atoms with Gasteiger partial charge in [-0.05, 0) is 66.1 Å². The Bertz CT molecular complexity index is 1320. The van der Waals surface area contributed by atoms with Gasteiger partial charge in [-0.3, -0.25) is 9.59 Å². The zero-order chi connectivity index (χ0) is 22.5. The third kappa shape index (κ3) is 4.93. The van der Waals surface area contributed by atoms with Crippen LogP contribution in [0.2, 0.25) is 0 Å². The molecule has 4 heteroatoms. The van der Waals surface area contributed by atoms with Crippen molar-refractivity contribution in [1.82, 2.24) is 5.32 Å². The summed E-state index contributed by atoms with van der Waals surface area (Å²) < 4.78 is 0. The maximum atomic E-state index is 13.2. The van der Waals surface area contributed by atoms with Crippen molar-refractivity contribution in [2.24, 2.45) is 0 Å². The topological polar surface area (TPSA) is 58.2 Å². The van der Waals surface area contributed by atoms with Crippen molar-refractivity contribution in [2.45, 2.75) is 13.8 Å². The van der Waals surface area contributed by atoms with E-state index in [0.717, 1.165) is 27.5 Å². The van der Waals surface area contributed by atoms with Gasteiger partial charge in [-0.2, -0.15) is 0 Å². The van der Waals surface area contributed by atoms with E-state index in [0.29, 0.717) is 11.3 Å². The van der Waals surface area contributed by atoms with Crippen molar-refractivity contribution in [2.75, 3.05) is 5.32 Å². The first-order chi connectivity index (χ1) is 15.5. The molecule has 0 aliphatic carbocycles.